The maximum atomic E-state index is 16.3. The lowest BCUT2D eigenvalue weighted by molar-refractivity contribution is -0.0604. The lowest BCUT2D eigenvalue weighted by Gasteiger charge is -2.29. The van der Waals surface area contributed by atoms with Crippen molar-refractivity contribution in [3.63, 3.8) is 0 Å². The van der Waals surface area contributed by atoms with Crippen molar-refractivity contribution in [1.29, 1.82) is 0 Å². The number of phosphoric acid groups is 2. The number of anilines is 1. The van der Waals surface area contributed by atoms with E-state index in [-0.39, 0.29) is 40.4 Å². The van der Waals surface area contributed by atoms with E-state index in [1.54, 1.807) is 0 Å². The Morgan fingerprint density at radius 1 is 1.09 bits per heavy atom. The number of halogens is 1. The number of nitrogens with one attached hydrogen (secondary N) is 1. The number of hydrogen-bond donors (Lipinski definition) is 5. The maximum Gasteiger partial charge on any atom is 0.472 e. The van der Waals surface area contributed by atoms with E-state index < -0.39 is 95.0 Å². The van der Waals surface area contributed by atoms with Gasteiger partial charge in [0.05, 0.1) is 44.6 Å². The molecule has 23 heteroatoms. The van der Waals surface area contributed by atoms with E-state index in [9.17, 15) is 28.8 Å². The van der Waals surface area contributed by atoms with Crippen LogP contribution in [-0.4, -0.2) is 98.2 Å². The molecule has 4 aromatic rings. The summed E-state index contributed by atoms with van der Waals surface area (Å²) in [5.41, 5.74) is 4.42. The lowest BCUT2D eigenvalue weighted by Crippen LogP contribution is -2.35. The van der Waals surface area contributed by atoms with Gasteiger partial charge in [0.1, 0.15) is 36.0 Å². The number of nitrogens with two attached hydrogens (primary N) is 1. The van der Waals surface area contributed by atoms with Gasteiger partial charge < -0.3 is 34.9 Å². The maximum absolute atomic E-state index is 16.3. The van der Waals surface area contributed by atoms with E-state index in [1.807, 2.05) is 0 Å². The summed E-state index contributed by atoms with van der Waals surface area (Å²) < 4.78 is 73.8. The predicted octanol–water partition coefficient (Wildman–Crippen LogP) is 0.273. The van der Waals surface area contributed by atoms with Crippen molar-refractivity contribution in [2.45, 2.75) is 50.1 Å². The van der Waals surface area contributed by atoms with Gasteiger partial charge >= 0.3 is 15.6 Å². The lowest BCUT2D eigenvalue weighted by atomic mass is 9.99. The standard InChI is InChI=1S/C24H28FN9O11P2/c1-9-31-21-15(22(36)32-9)30-8-34(21)23-17-10(3-35)12(43-23)4-41-46(37,38)45-18-13(25)16(11-2-24(11,18)5-42-47(39,40)44-17)33-7-29-14-19(26)27-6-28-20(14)33/h6-8,10-13,16-18,23,35H,2-5H2,1H3,(H,37,38)(H,39,40)(H2,26,27,28)(H,31,32,36)/t10-,11-,12-,13-,16-,17-,18+,23-,24-/m1/s1. The second-order valence-corrected chi connectivity index (χ2v) is 14.9. The molecule has 2 bridgehead atoms. The van der Waals surface area contributed by atoms with Gasteiger partial charge in [0.25, 0.3) is 5.56 Å². The molecule has 0 amide bonds. The highest BCUT2D eigenvalue weighted by atomic mass is 31.2. The fourth-order valence-corrected chi connectivity index (χ4v) is 9.21. The van der Waals surface area contributed by atoms with Crippen LogP contribution in [0.3, 0.4) is 0 Å². The molecule has 252 valence electrons. The first-order valence-corrected chi connectivity index (χ1v) is 17.4. The first-order valence-electron chi connectivity index (χ1n) is 14.4. The number of nitrogens with zero attached hydrogens (tertiary/aromatic N) is 7. The van der Waals surface area contributed by atoms with Crippen molar-refractivity contribution in [2.75, 3.05) is 25.6 Å². The zero-order valence-corrected chi connectivity index (χ0v) is 26.1. The average molecular weight is 699 g/mol. The summed E-state index contributed by atoms with van der Waals surface area (Å²) in [4.78, 5) is 57.4. The molecule has 4 fully saturated rings. The number of H-pyrrole nitrogens is 1. The zero-order chi connectivity index (χ0) is 33.0. The van der Waals surface area contributed by atoms with Gasteiger partial charge in [0, 0.05) is 11.3 Å². The third kappa shape index (κ3) is 4.87. The van der Waals surface area contributed by atoms with Crippen molar-refractivity contribution in [1.82, 2.24) is 39.0 Å². The Hall–Kier alpha value is -3.23. The molecule has 0 radical (unpaired) electrons. The van der Waals surface area contributed by atoms with Crippen LogP contribution in [0.1, 0.15) is 24.5 Å². The minimum Gasteiger partial charge on any atom is -0.396 e. The molecule has 4 aliphatic rings. The number of aliphatic hydroxyl groups excluding tert-OH is 1. The van der Waals surface area contributed by atoms with Crippen molar-refractivity contribution >= 4 is 43.8 Å². The van der Waals surface area contributed by atoms with Crippen LogP contribution in [0.4, 0.5) is 10.2 Å². The van der Waals surface area contributed by atoms with Gasteiger partial charge in [-0.05, 0) is 19.3 Å². The van der Waals surface area contributed by atoms with Gasteiger partial charge in [-0.1, -0.05) is 0 Å². The van der Waals surface area contributed by atoms with Crippen LogP contribution in [0, 0.1) is 24.2 Å². The Morgan fingerprint density at radius 2 is 1.83 bits per heavy atom. The molecule has 11 atom stereocenters. The van der Waals surface area contributed by atoms with Crippen LogP contribution in [0.15, 0.2) is 23.8 Å². The smallest absolute Gasteiger partial charge is 0.396 e. The van der Waals surface area contributed by atoms with Gasteiger partial charge in [0.15, 0.2) is 28.9 Å². The average Bonchev–Trinajstić information content (AvgIpc) is 3.30. The molecule has 20 nitrogen and oxygen atoms in total. The molecule has 1 spiro atoms. The molecule has 6 heterocycles. The number of aromatic amines is 1. The summed E-state index contributed by atoms with van der Waals surface area (Å²) in [5.74, 6) is -1.44. The number of rotatable bonds is 3. The van der Waals surface area contributed by atoms with Crippen LogP contribution < -0.4 is 11.3 Å². The number of aliphatic hydroxyl groups is 1. The molecule has 2 saturated heterocycles. The summed E-state index contributed by atoms with van der Waals surface area (Å²) in [6.45, 7) is -0.459. The van der Waals surface area contributed by atoms with Gasteiger partial charge in [-0.15, -0.1) is 0 Å². The largest absolute Gasteiger partial charge is 0.472 e. The molecule has 2 aliphatic heterocycles. The second kappa shape index (κ2) is 10.6. The number of alkyl halides is 1. The first kappa shape index (κ1) is 31.1. The third-order valence-electron chi connectivity index (χ3n) is 9.41. The van der Waals surface area contributed by atoms with Gasteiger partial charge in [-0.25, -0.2) is 38.4 Å². The molecule has 4 aromatic heterocycles. The highest BCUT2D eigenvalue weighted by Gasteiger charge is 2.75. The number of hydrogen-bond acceptors (Lipinski definition) is 15. The van der Waals surface area contributed by atoms with Crippen LogP contribution in [0.25, 0.3) is 22.3 Å². The first-order chi connectivity index (χ1) is 22.3. The van der Waals surface area contributed by atoms with Crippen LogP contribution in [0.5, 0.6) is 0 Å². The number of ether oxygens (including phenoxy) is 1. The Bertz CT molecular complexity index is 2060. The summed E-state index contributed by atoms with van der Waals surface area (Å²) in [6.07, 6.45) is -3.71. The molecule has 2 saturated carbocycles. The van der Waals surface area contributed by atoms with Crippen molar-refractivity contribution in [2.24, 2.45) is 17.3 Å². The molecule has 2 aliphatic carbocycles. The zero-order valence-electron chi connectivity index (χ0n) is 24.3. The Morgan fingerprint density at radius 3 is 2.62 bits per heavy atom. The van der Waals surface area contributed by atoms with E-state index in [0.717, 1.165) is 0 Å². The van der Waals surface area contributed by atoms with E-state index in [0.29, 0.717) is 0 Å². The molecule has 0 aromatic carbocycles. The minimum absolute atomic E-state index is 0.0432. The van der Waals surface area contributed by atoms with Crippen molar-refractivity contribution in [3.05, 3.63) is 35.2 Å². The predicted molar refractivity (Wildman–Crippen MR) is 153 cm³/mol. The van der Waals surface area contributed by atoms with E-state index >= 15 is 4.39 Å². The van der Waals surface area contributed by atoms with E-state index in [1.165, 1.54) is 35.0 Å². The Kier molecular flexibility index (Phi) is 7.03. The normalized spacial score (nSPS) is 40.4. The van der Waals surface area contributed by atoms with Gasteiger partial charge in [-0.2, -0.15) is 0 Å². The molecule has 47 heavy (non-hydrogen) atoms. The summed E-state index contributed by atoms with van der Waals surface area (Å²) in [5, 5.41) is 10.3. The second-order valence-electron chi connectivity index (χ2n) is 12.1. The molecule has 6 N–H and O–H groups in total. The number of fused-ring (bicyclic) bond motifs is 4. The number of aromatic nitrogens is 8. The quantitative estimate of drug-likeness (QED) is 0.180. The Labute approximate surface area is 262 Å². The van der Waals surface area contributed by atoms with E-state index in [2.05, 4.69) is 29.9 Å². The van der Waals surface area contributed by atoms with Gasteiger partial charge in [0.2, 0.25) is 0 Å². The molecular weight excluding hydrogens is 671 g/mol. The minimum atomic E-state index is -5.05. The number of imidazole rings is 2. The van der Waals surface area contributed by atoms with Crippen LogP contribution in [0.2, 0.25) is 0 Å². The van der Waals surface area contributed by atoms with E-state index in [4.69, 9.17) is 28.6 Å². The number of phosphoric ester groups is 2. The highest BCUT2D eigenvalue weighted by Crippen LogP contribution is 2.72. The molecule has 8 rings (SSSR count). The summed E-state index contributed by atoms with van der Waals surface area (Å²) >= 11 is 0. The number of nitrogen functional groups attached to an aromatic ring is 1. The topological polar surface area (TPSA) is 274 Å². The third-order valence-corrected chi connectivity index (χ3v) is 11.3. The SMILES string of the molecule is Cc1nc2c(ncn2[C@@H]2O[C@@H]3COP(=O)(O)O[C@H]4[C@H](F)[C@H](n5cnc6c(N)ncnc65)[C@H]5C[C@@]54COP(=O)(O)O[C@@H]2[C@@H]3CO)c(=O)[nH]1. The van der Waals surface area contributed by atoms with Gasteiger partial charge in [-0.3, -0.25) is 27.5 Å². The van der Waals surface area contributed by atoms with Crippen LogP contribution >= 0.6 is 15.6 Å². The van der Waals surface area contributed by atoms with Crippen molar-refractivity contribution < 1.29 is 51.2 Å². The highest BCUT2D eigenvalue weighted by molar-refractivity contribution is 7.47. The fraction of sp³-hybridized carbons (Fsp3) is 0.583. The molecular formula is C24H28FN9O11P2. The Balaban J connectivity index is 1.15. The summed E-state index contributed by atoms with van der Waals surface area (Å²) in [6, 6.07) is -1.04. The summed E-state index contributed by atoms with van der Waals surface area (Å²) in [7, 11) is -10.1. The molecule has 2 unspecified atom stereocenters. The number of aryl methyl sites for hydroxylation is 1. The van der Waals surface area contributed by atoms with Crippen LogP contribution in [-0.2, 0) is 32.0 Å². The van der Waals surface area contributed by atoms with Crippen molar-refractivity contribution in [3.8, 4) is 0 Å². The fourth-order valence-electron chi connectivity index (χ4n) is 7.17. The monoisotopic (exact) mass is 699 g/mol.